The first kappa shape index (κ1) is 23.5. The summed E-state index contributed by atoms with van der Waals surface area (Å²) in [4.78, 5) is 0. The van der Waals surface area contributed by atoms with Crippen LogP contribution in [-0.4, -0.2) is 77.2 Å². The van der Waals surface area contributed by atoms with E-state index in [0.29, 0.717) is 52.9 Å². The van der Waals surface area contributed by atoms with E-state index in [1.165, 1.54) is 23.7 Å². The first-order valence-electron chi connectivity index (χ1n) is 8.42. The number of rotatable bonds is 20. The molecular formula is C16H32FIO5. The normalized spacial score (nSPS) is 11.2. The van der Waals surface area contributed by atoms with E-state index in [2.05, 4.69) is 22.6 Å². The Bertz CT molecular complexity index is 193. The van der Waals surface area contributed by atoms with Gasteiger partial charge in [0, 0.05) is 6.61 Å². The van der Waals surface area contributed by atoms with Crippen molar-refractivity contribution in [3.63, 3.8) is 0 Å². The Morgan fingerprint density at radius 2 is 0.870 bits per heavy atom. The molecule has 0 unspecified atom stereocenters. The van der Waals surface area contributed by atoms with Gasteiger partial charge >= 0.3 is 0 Å². The van der Waals surface area contributed by atoms with Crippen molar-refractivity contribution in [3.8, 4) is 0 Å². The molecule has 0 fully saturated rings. The third kappa shape index (κ3) is 22.5. The van der Waals surface area contributed by atoms with Crippen molar-refractivity contribution in [3.05, 3.63) is 0 Å². The van der Waals surface area contributed by atoms with Crippen LogP contribution in [0.3, 0.4) is 0 Å². The molecule has 0 aliphatic heterocycles. The molecule has 0 aromatic carbocycles. The molecule has 0 aromatic heterocycles. The fourth-order valence-electron chi connectivity index (χ4n) is 1.69. The van der Waals surface area contributed by atoms with Crippen molar-refractivity contribution in [1.82, 2.24) is 0 Å². The maximum absolute atomic E-state index is 11.7. The molecule has 0 atom stereocenters. The molecule has 0 amide bonds. The number of hydrogen-bond acceptors (Lipinski definition) is 5. The minimum absolute atomic E-state index is 0.138. The van der Waals surface area contributed by atoms with Crippen LogP contribution in [0.2, 0.25) is 0 Å². The first-order valence-corrected chi connectivity index (χ1v) is 9.95. The molecule has 0 saturated heterocycles. The smallest absolute Gasteiger partial charge is 0.113 e. The van der Waals surface area contributed by atoms with Gasteiger partial charge in [0.1, 0.15) is 6.67 Å². The van der Waals surface area contributed by atoms with Crippen molar-refractivity contribution in [1.29, 1.82) is 0 Å². The Morgan fingerprint density at radius 1 is 0.478 bits per heavy atom. The number of unbranched alkanes of at least 4 members (excludes halogenated alkanes) is 3. The lowest BCUT2D eigenvalue weighted by Gasteiger charge is -2.07. The van der Waals surface area contributed by atoms with E-state index in [9.17, 15) is 4.39 Å². The minimum Gasteiger partial charge on any atom is -0.379 e. The van der Waals surface area contributed by atoms with Gasteiger partial charge in [0.15, 0.2) is 0 Å². The van der Waals surface area contributed by atoms with Gasteiger partial charge < -0.3 is 23.7 Å². The molecule has 0 aliphatic carbocycles. The van der Waals surface area contributed by atoms with Crippen LogP contribution < -0.4 is 0 Å². The van der Waals surface area contributed by atoms with Gasteiger partial charge in [-0.3, -0.25) is 0 Å². The summed E-state index contributed by atoms with van der Waals surface area (Å²) >= 11 is 2.41. The highest BCUT2D eigenvalue weighted by atomic mass is 127. The fraction of sp³-hybridized carbons (Fsp3) is 1.00. The van der Waals surface area contributed by atoms with Crippen molar-refractivity contribution in [2.75, 3.05) is 77.2 Å². The van der Waals surface area contributed by atoms with E-state index >= 15 is 0 Å². The number of halogens is 2. The average molecular weight is 450 g/mol. The fourth-order valence-corrected chi connectivity index (χ4v) is 2.23. The average Bonchev–Trinajstić information content (AvgIpc) is 2.57. The van der Waals surface area contributed by atoms with E-state index < -0.39 is 6.67 Å². The molecule has 0 aromatic rings. The van der Waals surface area contributed by atoms with Crippen LogP contribution in [0.1, 0.15) is 25.7 Å². The second-order valence-corrected chi connectivity index (χ2v) is 5.93. The predicted octanol–water partition coefficient (Wildman–Crippen LogP) is 3.03. The Hall–Kier alpha value is 0.460. The lowest BCUT2D eigenvalue weighted by Crippen LogP contribution is -2.13. The molecule has 0 bridgehead atoms. The molecule has 0 aliphatic rings. The van der Waals surface area contributed by atoms with Gasteiger partial charge in [0.2, 0.25) is 0 Å². The monoisotopic (exact) mass is 450 g/mol. The topological polar surface area (TPSA) is 46.2 Å². The van der Waals surface area contributed by atoms with Crippen molar-refractivity contribution < 1.29 is 28.1 Å². The lowest BCUT2D eigenvalue weighted by molar-refractivity contribution is -0.0119. The molecule has 5 nitrogen and oxygen atoms in total. The second-order valence-electron chi connectivity index (χ2n) is 4.85. The summed E-state index contributed by atoms with van der Waals surface area (Å²) in [7, 11) is 0. The van der Waals surface area contributed by atoms with Gasteiger partial charge in [-0.1, -0.05) is 35.4 Å². The SMILES string of the molecule is FCCOCCOCCOCCOCCOCCCCCCI. The zero-order valence-electron chi connectivity index (χ0n) is 14.1. The maximum Gasteiger partial charge on any atom is 0.113 e. The maximum atomic E-state index is 11.7. The molecule has 7 heteroatoms. The highest BCUT2D eigenvalue weighted by molar-refractivity contribution is 14.1. The Labute approximate surface area is 153 Å². The van der Waals surface area contributed by atoms with Crippen LogP contribution in [-0.2, 0) is 23.7 Å². The van der Waals surface area contributed by atoms with E-state index in [0.717, 1.165) is 13.0 Å². The van der Waals surface area contributed by atoms with Crippen molar-refractivity contribution in [2.45, 2.75) is 25.7 Å². The zero-order chi connectivity index (χ0) is 16.8. The van der Waals surface area contributed by atoms with Crippen LogP contribution in [0.15, 0.2) is 0 Å². The summed E-state index contributed by atoms with van der Waals surface area (Å²) in [6, 6.07) is 0. The standard InChI is InChI=1S/C16H32FIO5/c17-5-8-20-10-12-22-14-16-23-15-13-21-11-9-19-7-4-2-1-3-6-18/h1-16H2. The summed E-state index contributed by atoms with van der Waals surface area (Å²) in [5, 5.41) is 0. The highest BCUT2D eigenvalue weighted by Crippen LogP contribution is 2.02. The molecule has 0 saturated carbocycles. The summed E-state index contributed by atoms with van der Waals surface area (Å²) in [6.07, 6.45) is 5.00. The predicted molar refractivity (Wildman–Crippen MR) is 97.4 cm³/mol. The third-order valence-corrected chi connectivity index (χ3v) is 3.64. The highest BCUT2D eigenvalue weighted by Gasteiger charge is 1.94. The molecule has 0 N–H and O–H groups in total. The van der Waals surface area contributed by atoms with E-state index in [1.807, 2.05) is 0 Å². The van der Waals surface area contributed by atoms with Crippen molar-refractivity contribution >= 4 is 22.6 Å². The van der Waals surface area contributed by atoms with Gasteiger partial charge in [0.05, 0.1) is 59.5 Å². The van der Waals surface area contributed by atoms with E-state index in [-0.39, 0.29) is 6.61 Å². The van der Waals surface area contributed by atoms with Crippen LogP contribution in [0.25, 0.3) is 0 Å². The Kier molecular flexibility index (Phi) is 22.9. The lowest BCUT2D eigenvalue weighted by atomic mass is 10.2. The van der Waals surface area contributed by atoms with Gasteiger partial charge in [-0.25, -0.2) is 4.39 Å². The summed E-state index contributed by atoms with van der Waals surface area (Å²) in [6.45, 7) is 4.82. The Balaban J connectivity index is 2.92. The third-order valence-electron chi connectivity index (χ3n) is 2.88. The molecule has 0 rings (SSSR count). The van der Waals surface area contributed by atoms with Gasteiger partial charge in [0.25, 0.3) is 0 Å². The molecule has 0 spiro atoms. The van der Waals surface area contributed by atoms with Gasteiger partial charge in [-0.2, -0.15) is 0 Å². The molecule has 0 radical (unpaired) electrons. The molecule has 140 valence electrons. The zero-order valence-corrected chi connectivity index (χ0v) is 16.3. The van der Waals surface area contributed by atoms with Gasteiger partial charge in [-0.05, 0) is 17.3 Å². The number of hydrogen-bond donors (Lipinski definition) is 0. The second kappa shape index (κ2) is 22.5. The van der Waals surface area contributed by atoms with Crippen LogP contribution in [0.5, 0.6) is 0 Å². The minimum atomic E-state index is -0.452. The summed E-state index contributed by atoms with van der Waals surface area (Å²) < 4.78 is 39.4. The van der Waals surface area contributed by atoms with Crippen LogP contribution in [0, 0.1) is 0 Å². The van der Waals surface area contributed by atoms with Crippen molar-refractivity contribution in [2.24, 2.45) is 0 Å². The van der Waals surface area contributed by atoms with E-state index in [4.69, 9.17) is 23.7 Å². The molecular weight excluding hydrogens is 418 g/mol. The molecule has 0 heterocycles. The first-order chi connectivity index (χ1) is 11.4. The van der Waals surface area contributed by atoms with Crippen LogP contribution >= 0.6 is 22.6 Å². The van der Waals surface area contributed by atoms with Crippen LogP contribution in [0.4, 0.5) is 4.39 Å². The quantitative estimate of drug-likeness (QED) is 0.162. The van der Waals surface area contributed by atoms with Gasteiger partial charge in [-0.15, -0.1) is 0 Å². The number of alkyl halides is 2. The Morgan fingerprint density at radius 3 is 1.30 bits per heavy atom. The number of ether oxygens (including phenoxy) is 5. The molecule has 23 heavy (non-hydrogen) atoms. The summed E-state index contributed by atoms with van der Waals surface area (Å²) in [5.41, 5.74) is 0. The van der Waals surface area contributed by atoms with E-state index in [1.54, 1.807) is 0 Å². The largest absolute Gasteiger partial charge is 0.379 e. The summed E-state index contributed by atoms with van der Waals surface area (Å²) in [5.74, 6) is 0.